The van der Waals surface area contributed by atoms with Crippen LogP contribution < -0.4 is 19.7 Å². The van der Waals surface area contributed by atoms with Crippen LogP contribution in [0, 0.1) is 0 Å². The Morgan fingerprint density at radius 1 is 0.906 bits per heavy atom. The van der Waals surface area contributed by atoms with E-state index in [0.717, 1.165) is 27.9 Å². The molecule has 0 aliphatic rings. The first-order valence-corrected chi connectivity index (χ1v) is 10.7. The molecule has 32 heavy (non-hydrogen) atoms. The maximum Gasteiger partial charge on any atom is 0.286 e. The smallest absolute Gasteiger partial charge is 0.286 e. The third-order valence-corrected chi connectivity index (χ3v) is 5.54. The minimum absolute atomic E-state index is 0.288. The number of amides is 1. The second-order valence-corrected chi connectivity index (χ2v) is 8.01. The van der Waals surface area contributed by atoms with E-state index >= 15 is 0 Å². The molecule has 0 saturated carbocycles. The number of methoxy groups -OCH3 is 1. The third-order valence-electron chi connectivity index (χ3n) is 4.64. The number of hydrogen-bond donors (Lipinski definition) is 1. The lowest BCUT2D eigenvalue weighted by Gasteiger charge is -2.18. The summed E-state index contributed by atoms with van der Waals surface area (Å²) in [6.45, 7) is 0.534. The van der Waals surface area contributed by atoms with E-state index in [4.69, 9.17) is 9.47 Å². The minimum Gasteiger partial charge on any atom is -0.497 e. The Balaban J connectivity index is 1.34. The molecule has 0 unspecified atom stereocenters. The second-order valence-electron chi connectivity index (χ2n) is 6.95. The molecule has 0 aliphatic heterocycles. The lowest BCUT2D eigenvalue weighted by Crippen LogP contribution is -2.16. The SMILES string of the molecule is COc1ccc(NC(=O)c2nnc(CN(C)c3ccc(Oc4ccccc4)cc3)s2)cc1. The van der Waals surface area contributed by atoms with Gasteiger partial charge in [0.25, 0.3) is 5.91 Å². The van der Waals surface area contributed by atoms with Crippen LogP contribution in [-0.2, 0) is 6.54 Å². The Morgan fingerprint density at radius 3 is 2.25 bits per heavy atom. The monoisotopic (exact) mass is 446 g/mol. The third kappa shape index (κ3) is 5.41. The van der Waals surface area contributed by atoms with Crippen LogP contribution in [0.1, 0.15) is 14.8 Å². The highest BCUT2D eigenvalue weighted by atomic mass is 32.1. The summed E-state index contributed by atoms with van der Waals surface area (Å²) in [5, 5.41) is 12.1. The van der Waals surface area contributed by atoms with Crippen molar-refractivity contribution in [3.8, 4) is 17.2 Å². The van der Waals surface area contributed by atoms with E-state index in [1.165, 1.54) is 11.3 Å². The van der Waals surface area contributed by atoms with E-state index in [9.17, 15) is 4.79 Å². The van der Waals surface area contributed by atoms with Gasteiger partial charge in [0.2, 0.25) is 5.01 Å². The molecule has 8 heteroatoms. The molecular weight excluding hydrogens is 424 g/mol. The molecule has 0 saturated heterocycles. The fraction of sp³-hybridized carbons (Fsp3) is 0.125. The number of carbonyl (C=O) groups is 1. The number of nitrogens with zero attached hydrogens (tertiary/aromatic N) is 3. The van der Waals surface area contributed by atoms with Gasteiger partial charge in [-0.25, -0.2) is 0 Å². The molecule has 1 amide bonds. The molecular formula is C24H22N4O3S. The molecule has 0 atom stereocenters. The first-order chi connectivity index (χ1) is 15.6. The first kappa shape index (κ1) is 21.3. The summed E-state index contributed by atoms with van der Waals surface area (Å²) in [4.78, 5) is 14.5. The molecule has 7 nitrogen and oxygen atoms in total. The number of nitrogens with one attached hydrogen (secondary N) is 1. The van der Waals surface area contributed by atoms with Crippen molar-refractivity contribution in [1.82, 2.24) is 10.2 Å². The quantitative estimate of drug-likeness (QED) is 0.400. The van der Waals surface area contributed by atoms with Gasteiger partial charge in [-0.05, 0) is 60.7 Å². The van der Waals surface area contributed by atoms with Gasteiger partial charge in [0.1, 0.15) is 22.3 Å². The molecule has 0 bridgehead atoms. The van der Waals surface area contributed by atoms with Crippen molar-refractivity contribution in [1.29, 1.82) is 0 Å². The Bertz CT molecular complexity index is 1160. The summed E-state index contributed by atoms with van der Waals surface area (Å²) in [5.41, 5.74) is 1.67. The summed E-state index contributed by atoms with van der Waals surface area (Å²) in [6.07, 6.45) is 0. The van der Waals surface area contributed by atoms with Gasteiger partial charge >= 0.3 is 0 Å². The van der Waals surface area contributed by atoms with Crippen LogP contribution in [0.2, 0.25) is 0 Å². The normalized spacial score (nSPS) is 10.4. The van der Waals surface area contributed by atoms with Crippen LogP contribution in [0.15, 0.2) is 78.9 Å². The number of ether oxygens (including phenoxy) is 2. The van der Waals surface area contributed by atoms with Crippen molar-refractivity contribution < 1.29 is 14.3 Å². The molecule has 1 N–H and O–H groups in total. The van der Waals surface area contributed by atoms with Gasteiger partial charge in [-0.15, -0.1) is 10.2 Å². The lowest BCUT2D eigenvalue weighted by atomic mass is 10.2. The molecule has 4 rings (SSSR count). The number of benzene rings is 3. The molecule has 1 heterocycles. The van der Waals surface area contributed by atoms with Gasteiger partial charge < -0.3 is 19.7 Å². The highest BCUT2D eigenvalue weighted by Gasteiger charge is 2.14. The summed E-state index contributed by atoms with van der Waals surface area (Å²) >= 11 is 1.27. The van der Waals surface area contributed by atoms with Crippen molar-refractivity contribution in [2.45, 2.75) is 6.54 Å². The Labute approximate surface area is 190 Å². The van der Waals surface area contributed by atoms with Gasteiger partial charge in [0.15, 0.2) is 0 Å². The summed E-state index contributed by atoms with van der Waals surface area (Å²) in [7, 11) is 3.56. The maximum atomic E-state index is 12.5. The van der Waals surface area contributed by atoms with Crippen molar-refractivity contribution in [2.75, 3.05) is 24.4 Å². The molecule has 1 aromatic heterocycles. The van der Waals surface area contributed by atoms with Crippen LogP contribution in [0.5, 0.6) is 17.2 Å². The molecule has 3 aromatic carbocycles. The van der Waals surface area contributed by atoms with Crippen LogP contribution >= 0.6 is 11.3 Å². The average molecular weight is 447 g/mol. The van der Waals surface area contributed by atoms with Crippen molar-refractivity contribution >= 4 is 28.6 Å². The van der Waals surface area contributed by atoms with Crippen LogP contribution in [0.25, 0.3) is 0 Å². The van der Waals surface area contributed by atoms with Gasteiger partial charge in [-0.3, -0.25) is 4.79 Å². The summed E-state index contributed by atoms with van der Waals surface area (Å²) < 4.78 is 11.0. The molecule has 4 aromatic rings. The zero-order chi connectivity index (χ0) is 22.3. The van der Waals surface area contributed by atoms with Crippen LogP contribution in [0.3, 0.4) is 0 Å². The largest absolute Gasteiger partial charge is 0.497 e. The maximum absolute atomic E-state index is 12.5. The van der Waals surface area contributed by atoms with Crippen molar-refractivity contribution in [3.05, 3.63) is 88.9 Å². The van der Waals surface area contributed by atoms with Gasteiger partial charge in [-0.1, -0.05) is 29.5 Å². The lowest BCUT2D eigenvalue weighted by molar-refractivity contribution is 0.102. The topological polar surface area (TPSA) is 76.6 Å². The van der Waals surface area contributed by atoms with E-state index in [2.05, 4.69) is 15.5 Å². The molecule has 0 spiro atoms. The zero-order valence-electron chi connectivity index (χ0n) is 17.7. The number of aromatic nitrogens is 2. The van der Waals surface area contributed by atoms with E-state index < -0.39 is 0 Å². The van der Waals surface area contributed by atoms with Gasteiger partial charge in [0.05, 0.1) is 13.7 Å². The van der Waals surface area contributed by atoms with Gasteiger partial charge in [-0.2, -0.15) is 0 Å². The Hall–Kier alpha value is -3.91. The second kappa shape index (κ2) is 9.93. The van der Waals surface area contributed by atoms with E-state index in [1.54, 1.807) is 31.4 Å². The number of rotatable bonds is 8. The molecule has 0 fully saturated rings. The Morgan fingerprint density at radius 2 is 1.56 bits per heavy atom. The molecule has 162 valence electrons. The highest BCUT2D eigenvalue weighted by molar-refractivity contribution is 7.13. The number of para-hydroxylation sites is 1. The Kier molecular flexibility index (Phi) is 6.62. The number of anilines is 2. The minimum atomic E-state index is -0.288. The average Bonchev–Trinajstić information content (AvgIpc) is 3.29. The highest BCUT2D eigenvalue weighted by Crippen LogP contribution is 2.25. The summed E-state index contributed by atoms with van der Waals surface area (Å²) in [5.74, 6) is 2.00. The summed E-state index contributed by atoms with van der Waals surface area (Å²) in [6, 6.07) is 24.6. The molecule has 0 aliphatic carbocycles. The fourth-order valence-electron chi connectivity index (χ4n) is 2.96. The van der Waals surface area contributed by atoms with E-state index in [0.29, 0.717) is 17.2 Å². The van der Waals surface area contributed by atoms with Gasteiger partial charge in [0, 0.05) is 18.4 Å². The van der Waals surface area contributed by atoms with Crippen molar-refractivity contribution in [3.63, 3.8) is 0 Å². The van der Waals surface area contributed by atoms with Crippen LogP contribution in [-0.4, -0.2) is 30.3 Å². The number of hydrogen-bond acceptors (Lipinski definition) is 7. The van der Waals surface area contributed by atoms with E-state index in [1.807, 2.05) is 66.5 Å². The molecule has 0 radical (unpaired) electrons. The number of carbonyl (C=O) groups excluding carboxylic acids is 1. The first-order valence-electron chi connectivity index (χ1n) is 9.92. The predicted molar refractivity (Wildman–Crippen MR) is 126 cm³/mol. The van der Waals surface area contributed by atoms with Crippen LogP contribution in [0.4, 0.5) is 11.4 Å². The van der Waals surface area contributed by atoms with E-state index in [-0.39, 0.29) is 5.91 Å². The fourth-order valence-corrected chi connectivity index (χ4v) is 3.74. The predicted octanol–water partition coefficient (Wildman–Crippen LogP) is 5.23. The zero-order valence-corrected chi connectivity index (χ0v) is 18.5. The van der Waals surface area contributed by atoms with Crippen molar-refractivity contribution in [2.24, 2.45) is 0 Å². The standard InChI is InChI=1S/C24H22N4O3S/c1-28(18-10-14-21(15-11-18)31-20-6-4-3-5-7-20)16-22-26-27-24(32-22)23(29)25-17-8-12-19(30-2)13-9-17/h3-15H,16H2,1-2H3,(H,25,29).